The summed E-state index contributed by atoms with van der Waals surface area (Å²) in [6.45, 7) is 8.94. The number of hydrogen-bond acceptors (Lipinski definition) is 6. The molecule has 1 saturated heterocycles. The van der Waals surface area contributed by atoms with Gasteiger partial charge in [0.1, 0.15) is 4.83 Å². The van der Waals surface area contributed by atoms with Gasteiger partial charge in [0.2, 0.25) is 0 Å². The van der Waals surface area contributed by atoms with Crippen LogP contribution in [0.25, 0.3) is 4.83 Å². The molecule has 4 heterocycles. The second kappa shape index (κ2) is 8.41. The summed E-state index contributed by atoms with van der Waals surface area (Å²) in [5.74, 6) is -0.330. The molecule has 2 N–H and O–H groups in total. The van der Waals surface area contributed by atoms with E-state index < -0.39 is 0 Å². The summed E-state index contributed by atoms with van der Waals surface area (Å²) < 4.78 is 2.58. The number of hydrogen-bond donors (Lipinski definition) is 2. The molecule has 30 heavy (non-hydrogen) atoms. The molecule has 10 heteroatoms. The largest absolute Gasteiger partial charge is 0.350 e. The number of carbonyl (C=O) groups excluding carboxylic acids is 2. The second-order valence-electron chi connectivity index (χ2n) is 8.08. The smallest absolute Gasteiger partial charge is 0.261 e. The van der Waals surface area contributed by atoms with E-state index in [1.165, 1.54) is 35.5 Å². The van der Waals surface area contributed by atoms with Gasteiger partial charge in [-0.2, -0.15) is 5.10 Å². The van der Waals surface area contributed by atoms with Crippen molar-refractivity contribution in [3.63, 3.8) is 0 Å². The van der Waals surface area contributed by atoms with Crippen molar-refractivity contribution in [1.82, 2.24) is 19.8 Å². The van der Waals surface area contributed by atoms with Gasteiger partial charge in [0.05, 0.1) is 31.6 Å². The van der Waals surface area contributed by atoms with Gasteiger partial charge in [0.15, 0.2) is 0 Å². The number of likely N-dealkylation sites (tertiary alicyclic amines) is 1. The van der Waals surface area contributed by atoms with E-state index in [1.54, 1.807) is 10.7 Å². The average molecular weight is 510 g/mol. The van der Waals surface area contributed by atoms with E-state index in [4.69, 9.17) is 0 Å². The number of fused-ring (bicyclic) bond motifs is 1. The minimum Gasteiger partial charge on any atom is -0.350 e. The lowest BCUT2D eigenvalue weighted by Gasteiger charge is -2.31. The highest BCUT2D eigenvalue weighted by atomic mass is 79.9. The van der Waals surface area contributed by atoms with Crippen molar-refractivity contribution in [3.8, 4) is 0 Å². The van der Waals surface area contributed by atoms with Gasteiger partial charge >= 0.3 is 0 Å². The molecule has 0 bridgehead atoms. The number of amides is 2. The summed E-state index contributed by atoms with van der Waals surface area (Å²) in [6, 6.07) is 1.82. The zero-order valence-electron chi connectivity index (χ0n) is 17.1. The molecular formula is C20H24BrN5O2S2. The van der Waals surface area contributed by atoms with E-state index >= 15 is 0 Å². The van der Waals surface area contributed by atoms with Gasteiger partial charge < -0.3 is 10.6 Å². The third-order valence-corrected chi connectivity index (χ3v) is 8.26. The first-order valence-electron chi connectivity index (χ1n) is 9.82. The molecule has 160 valence electrons. The lowest BCUT2D eigenvalue weighted by atomic mass is 10.0. The summed E-state index contributed by atoms with van der Waals surface area (Å²) in [7, 11) is 0. The van der Waals surface area contributed by atoms with E-state index in [2.05, 4.69) is 50.4 Å². The highest BCUT2D eigenvalue weighted by Gasteiger charge is 2.31. The normalized spacial score (nSPS) is 16.3. The Morgan fingerprint density at radius 1 is 1.30 bits per heavy atom. The van der Waals surface area contributed by atoms with E-state index in [0.29, 0.717) is 22.0 Å². The van der Waals surface area contributed by atoms with Gasteiger partial charge in [0, 0.05) is 18.6 Å². The van der Waals surface area contributed by atoms with Crippen LogP contribution in [0, 0.1) is 6.92 Å². The van der Waals surface area contributed by atoms with Crippen LogP contribution >= 0.6 is 38.6 Å². The molecule has 1 aliphatic heterocycles. The Kier molecular flexibility index (Phi) is 6.02. The molecule has 1 fully saturated rings. The Morgan fingerprint density at radius 2 is 2.10 bits per heavy atom. The molecule has 3 aromatic heterocycles. The first kappa shape index (κ1) is 21.5. The third kappa shape index (κ3) is 4.32. The number of thiophene rings is 1. The number of nitrogens with zero attached hydrogens (tertiary/aromatic N) is 3. The Balaban J connectivity index is 1.37. The second-order valence-corrected chi connectivity index (χ2v) is 11.5. The molecule has 0 spiro atoms. The number of aryl methyl sites for hydroxylation is 1. The van der Waals surface area contributed by atoms with Gasteiger partial charge in [-0.05, 0) is 67.7 Å². The SMILES string of the molecule is Cc1cc(C(=O)NCCN2CCCC2(C)C)sc1NC(=O)c1cnn2cc(Br)sc12. The molecule has 0 atom stereocenters. The Bertz CT molecular complexity index is 1100. The number of thiazole rings is 1. The number of anilines is 1. The summed E-state index contributed by atoms with van der Waals surface area (Å²) in [5.41, 5.74) is 1.59. The van der Waals surface area contributed by atoms with Crippen LogP contribution in [0.15, 0.2) is 22.2 Å². The predicted octanol–water partition coefficient (Wildman–Crippen LogP) is 4.38. The van der Waals surface area contributed by atoms with Crippen LogP contribution in [0.4, 0.5) is 5.00 Å². The van der Waals surface area contributed by atoms with Crippen molar-refractivity contribution in [2.24, 2.45) is 0 Å². The minimum atomic E-state index is -0.229. The molecule has 4 rings (SSSR count). The van der Waals surface area contributed by atoms with Gasteiger partial charge in [0.25, 0.3) is 11.8 Å². The Labute approximate surface area is 191 Å². The van der Waals surface area contributed by atoms with Crippen LogP contribution in [-0.4, -0.2) is 51.5 Å². The summed E-state index contributed by atoms with van der Waals surface area (Å²) in [6.07, 6.45) is 5.78. The summed E-state index contributed by atoms with van der Waals surface area (Å²) >= 11 is 6.16. The average Bonchev–Trinajstić information content (AvgIpc) is 3.40. The molecule has 1 aliphatic rings. The molecule has 0 unspecified atom stereocenters. The number of aromatic nitrogens is 2. The molecule has 3 aromatic rings. The number of halogens is 1. The summed E-state index contributed by atoms with van der Waals surface area (Å²) in [5, 5.41) is 10.8. The fourth-order valence-electron chi connectivity index (χ4n) is 3.77. The lowest BCUT2D eigenvalue weighted by molar-refractivity contribution is 0.0943. The van der Waals surface area contributed by atoms with Crippen LogP contribution in [0.3, 0.4) is 0 Å². The van der Waals surface area contributed by atoms with Crippen LogP contribution < -0.4 is 10.6 Å². The minimum absolute atomic E-state index is 0.101. The third-order valence-electron chi connectivity index (χ3n) is 5.52. The molecule has 0 aromatic carbocycles. The molecule has 2 amide bonds. The maximum absolute atomic E-state index is 12.7. The molecule has 0 aliphatic carbocycles. The van der Waals surface area contributed by atoms with Crippen LogP contribution in [-0.2, 0) is 0 Å². The number of carbonyl (C=O) groups is 2. The van der Waals surface area contributed by atoms with Gasteiger partial charge in [-0.3, -0.25) is 14.5 Å². The monoisotopic (exact) mass is 509 g/mol. The number of rotatable bonds is 6. The standard InChI is InChI=1S/C20H24BrN5O2S2/c1-12-9-14(17(28)22-6-8-25-7-4-5-20(25,2)3)29-18(12)24-16(27)13-10-23-26-11-15(21)30-19(13)26/h9-11H,4-8H2,1-3H3,(H,22,28)(H,24,27). The van der Waals surface area contributed by atoms with E-state index in [0.717, 1.165) is 27.3 Å². The zero-order chi connectivity index (χ0) is 21.5. The Hall–Kier alpha value is -1.75. The maximum atomic E-state index is 12.7. The van der Waals surface area contributed by atoms with Crippen molar-refractivity contribution < 1.29 is 9.59 Å². The van der Waals surface area contributed by atoms with Crippen molar-refractivity contribution in [2.75, 3.05) is 25.0 Å². The van der Waals surface area contributed by atoms with Gasteiger partial charge in [-0.25, -0.2) is 4.52 Å². The van der Waals surface area contributed by atoms with Crippen molar-refractivity contribution in [3.05, 3.63) is 38.3 Å². The zero-order valence-corrected chi connectivity index (χ0v) is 20.3. The molecular weight excluding hydrogens is 486 g/mol. The molecule has 7 nitrogen and oxygen atoms in total. The van der Waals surface area contributed by atoms with Crippen LogP contribution in [0.1, 0.15) is 52.3 Å². The maximum Gasteiger partial charge on any atom is 0.261 e. The van der Waals surface area contributed by atoms with E-state index in [-0.39, 0.29) is 17.4 Å². The van der Waals surface area contributed by atoms with E-state index in [1.807, 2.05) is 19.2 Å². The first-order chi connectivity index (χ1) is 14.2. The first-order valence-corrected chi connectivity index (χ1v) is 12.2. The topological polar surface area (TPSA) is 78.7 Å². The van der Waals surface area contributed by atoms with E-state index in [9.17, 15) is 9.59 Å². The number of nitrogens with one attached hydrogen (secondary N) is 2. The summed E-state index contributed by atoms with van der Waals surface area (Å²) in [4.78, 5) is 29.1. The van der Waals surface area contributed by atoms with Crippen molar-refractivity contribution in [1.29, 1.82) is 0 Å². The molecule has 0 radical (unpaired) electrons. The quantitative estimate of drug-likeness (QED) is 0.516. The lowest BCUT2D eigenvalue weighted by Crippen LogP contribution is -2.42. The van der Waals surface area contributed by atoms with Gasteiger partial charge in [-0.1, -0.05) is 0 Å². The van der Waals surface area contributed by atoms with Crippen molar-refractivity contribution in [2.45, 2.75) is 39.2 Å². The van der Waals surface area contributed by atoms with Crippen LogP contribution in [0.5, 0.6) is 0 Å². The van der Waals surface area contributed by atoms with Crippen molar-refractivity contribution >= 4 is 60.2 Å². The predicted molar refractivity (Wildman–Crippen MR) is 125 cm³/mol. The fourth-order valence-corrected chi connectivity index (χ4v) is 6.20. The van der Waals surface area contributed by atoms with Gasteiger partial charge in [-0.15, -0.1) is 22.7 Å². The fraction of sp³-hybridized carbons (Fsp3) is 0.450. The highest BCUT2D eigenvalue weighted by molar-refractivity contribution is 9.11. The molecule has 0 saturated carbocycles. The highest BCUT2D eigenvalue weighted by Crippen LogP contribution is 2.30. The Morgan fingerprint density at radius 3 is 2.83 bits per heavy atom. The van der Waals surface area contributed by atoms with Crippen LogP contribution in [0.2, 0.25) is 0 Å².